The van der Waals surface area contributed by atoms with Gasteiger partial charge < -0.3 is 24.8 Å². The minimum absolute atomic E-state index is 0.128. The Hall–Kier alpha value is -0.200. The van der Waals surface area contributed by atoms with Crippen LogP contribution in [0.25, 0.3) is 0 Å². The number of nitrogens with one attached hydrogen (secondary N) is 1. The molecule has 0 aliphatic carbocycles. The molecule has 2 rings (SSSR count). The van der Waals surface area contributed by atoms with Crippen LogP contribution in [0, 0.1) is 5.92 Å². The Balaban J connectivity index is 1.69. The van der Waals surface area contributed by atoms with Crippen molar-refractivity contribution in [2.24, 2.45) is 5.92 Å². The summed E-state index contributed by atoms with van der Waals surface area (Å²) in [6.07, 6.45) is 3.62. The Bertz CT molecular complexity index is 245. The smallest absolute Gasteiger partial charge is 0.0701 e. The molecule has 2 aliphatic heterocycles. The monoisotopic (exact) mass is 272 g/mol. The summed E-state index contributed by atoms with van der Waals surface area (Å²) in [4.78, 5) is 2.53. The van der Waals surface area contributed by atoms with E-state index in [1.807, 2.05) is 0 Å². The van der Waals surface area contributed by atoms with Crippen LogP contribution >= 0.6 is 0 Å². The van der Waals surface area contributed by atoms with Gasteiger partial charge in [0.05, 0.1) is 25.9 Å². The highest BCUT2D eigenvalue weighted by atomic mass is 16.5. The van der Waals surface area contributed by atoms with Gasteiger partial charge in [0.15, 0.2) is 0 Å². The van der Waals surface area contributed by atoms with Crippen molar-refractivity contribution in [2.45, 2.75) is 31.4 Å². The predicted molar refractivity (Wildman–Crippen MR) is 74.3 cm³/mol. The highest BCUT2D eigenvalue weighted by Gasteiger charge is 2.28. The van der Waals surface area contributed by atoms with Crippen molar-refractivity contribution in [3.63, 3.8) is 0 Å². The van der Waals surface area contributed by atoms with Crippen molar-refractivity contribution >= 4 is 0 Å². The standard InChI is InChI=1S/C14H28N2O3/c1-15-14-4-8-18-11-12(14)10-16-5-2-13(3-6-16)19-9-7-17/h12-15,17H,2-11H2,1H3. The van der Waals surface area contributed by atoms with Crippen LogP contribution in [0.5, 0.6) is 0 Å². The fourth-order valence-electron chi connectivity index (χ4n) is 3.17. The molecule has 5 heteroatoms. The van der Waals surface area contributed by atoms with Crippen LogP contribution in [0.2, 0.25) is 0 Å². The molecule has 2 atom stereocenters. The molecule has 5 nitrogen and oxygen atoms in total. The lowest BCUT2D eigenvalue weighted by Crippen LogP contribution is -2.48. The van der Waals surface area contributed by atoms with Crippen LogP contribution in [0.4, 0.5) is 0 Å². The van der Waals surface area contributed by atoms with E-state index in [-0.39, 0.29) is 6.61 Å². The fourth-order valence-corrected chi connectivity index (χ4v) is 3.17. The summed E-state index contributed by atoms with van der Waals surface area (Å²) >= 11 is 0. The molecule has 0 aromatic carbocycles. The van der Waals surface area contributed by atoms with Crippen LogP contribution in [0.1, 0.15) is 19.3 Å². The van der Waals surface area contributed by atoms with E-state index >= 15 is 0 Å². The first-order valence-corrected chi connectivity index (χ1v) is 7.53. The molecule has 0 spiro atoms. The first-order chi connectivity index (χ1) is 9.33. The Morgan fingerprint density at radius 1 is 1.32 bits per heavy atom. The van der Waals surface area contributed by atoms with Gasteiger partial charge in [-0.3, -0.25) is 0 Å². The van der Waals surface area contributed by atoms with Crippen LogP contribution in [0.3, 0.4) is 0 Å². The molecule has 0 radical (unpaired) electrons. The molecule has 0 bridgehead atoms. The molecular weight excluding hydrogens is 244 g/mol. The lowest BCUT2D eigenvalue weighted by molar-refractivity contribution is -0.0221. The molecule has 0 amide bonds. The second kappa shape index (κ2) is 8.17. The van der Waals surface area contributed by atoms with Gasteiger partial charge in [-0.15, -0.1) is 0 Å². The summed E-state index contributed by atoms with van der Waals surface area (Å²) in [6.45, 7) is 5.70. The number of piperidine rings is 1. The van der Waals surface area contributed by atoms with E-state index in [1.165, 1.54) is 0 Å². The van der Waals surface area contributed by atoms with Crippen molar-refractivity contribution < 1.29 is 14.6 Å². The highest BCUT2D eigenvalue weighted by molar-refractivity contribution is 4.83. The number of aliphatic hydroxyl groups is 1. The zero-order chi connectivity index (χ0) is 13.5. The van der Waals surface area contributed by atoms with E-state index in [0.29, 0.717) is 24.7 Å². The molecule has 2 aliphatic rings. The quantitative estimate of drug-likeness (QED) is 0.717. The van der Waals surface area contributed by atoms with Gasteiger partial charge in [0.2, 0.25) is 0 Å². The highest BCUT2D eigenvalue weighted by Crippen LogP contribution is 2.19. The van der Waals surface area contributed by atoms with E-state index in [4.69, 9.17) is 14.6 Å². The van der Waals surface area contributed by atoms with E-state index < -0.39 is 0 Å². The van der Waals surface area contributed by atoms with Crippen LogP contribution in [-0.4, -0.2) is 75.3 Å². The zero-order valence-electron chi connectivity index (χ0n) is 12.0. The summed E-state index contributed by atoms with van der Waals surface area (Å²) in [5.74, 6) is 0.605. The van der Waals surface area contributed by atoms with Crippen LogP contribution < -0.4 is 5.32 Å². The molecular formula is C14H28N2O3. The molecule has 2 unspecified atom stereocenters. The Labute approximate surface area is 116 Å². The Kier molecular flexibility index (Phi) is 6.53. The van der Waals surface area contributed by atoms with Crippen molar-refractivity contribution in [1.29, 1.82) is 0 Å². The summed E-state index contributed by atoms with van der Waals surface area (Å²) in [5.41, 5.74) is 0. The van der Waals surface area contributed by atoms with Gasteiger partial charge in [0.1, 0.15) is 0 Å². The number of rotatable bonds is 6. The molecule has 0 saturated carbocycles. The third-order valence-electron chi connectivity index (χ3n) is 4.32. The van der Waals surface area contributed by atoms with Crippen LogP contribution in [-0.2, 0) is 9.47 Å². The zero-order valence-corrected chi connectivity index (χ0v) is 12.0. The minimum Gasteiger partial charge on any atom is -0.394 e. The van der Waals surface area contributed by atoms with Gasteiger partial charge in [0.25, 0.3) is 0 Å². The fraction of sp³-hybridized carbons (Fsp3) is 1.00. The van der Waals surface area contributed by atoms with E-state index in [1.54, 1.807) is 0 Å². The van der Waals surface area contributed by atoms with Gasteiger partial charge in [-0.1, -0.05) is 0 Å². The Morgan fingerprint density at radius 2 is 2.11 bits per heavy atom. The number of hydrogen-bond donors (Lipinski definition) is 2. The molecule has 2 heterocycles. The lowest BCUT2D eigenvalue weighted by Gasteiger charge is -2.38. The topological polar surface area (TPSA) is 54.0 Å². The molecule has 112 valence electrons. The van der Waals surface area contributed by atoms with Gasteiger partial charge in [-0.25, -0.2) is 0 Å². The normalized spacial score (nSPS) is 30.6. The summed E-state index contributed by atoms with van der Waals surface area (Å²) in [5, 5.41) is 12.2. The SMILES string of the molecule is CNC1CCOCC1CN1CCC(OCCO)CC1. The largest absolute Gasteiger partial charge is 0.394 e. The van der Waals surface area contributed by atoms with Crippen molar-refractivity contribution in [3.8, 4) is 0 Å². The molecule has 2 N–H and O–H groups in total. The third-order valence-corrected chi connectivity index (χ3v) is 4.32. The van der Waals surface area contributed by atoms with E-state index in [9.17, 15) is 0 Å². The van der Waals surface area contributed by atoms with Gasteiger partial charge >= 0.3 is 0 Å². The summed E-state index contributed by atoms with van der Waals surface area (Å²) < 4.78 is 11.2. The number of likely N-dealkylation sites (tertiary alicyclic amines) is 1. The van der Waals surface area contributed by atoms with Gasteiger partial charge in [0, 0.05) is 38.2 Å². The van der Waals surface area contributed by atoms with Crippen molar-refractivity contribution in [3.05, 3.63) is 0 Å². The molecule has 2 saturated heterocycles. The maximum atomic E-state index is 8.77. The van der Waals surface area contributed by atoms with Crippen LogP contribution in [0.15, 0.2) is 0 Å². The maximum Gasteiger partial charge on any atom is 0.0701 e. The second-order valence-electron chi connectivity index (χ2n) is 5.61. The van der Waals surface area contributed by atoms with Gasteiger partial charge in [-0.2, -0.15) is 0 Å². The van der Waals surface area contributed by atoms with E-state index in [2.05, 4.69) is 17.3 Å². The van der Waals surface area contributed by atoms with Gasteiger partial charge in [-0.05, 0) is 26.3 Å². The molecule has 2 fully saturated rings. The third kappa shape index (κ3) is 4.68. The minimum atomic E-state index is 0.128. The summed E-state index contributed by atoms with van der Waals surface area (Å²) in [6, 6.07) is 0.595. The number of aliphatic hydroxyl groups excluding tert-OH is 1. The van der Waals surface area contributed by atoms with Crippen molar-refractivity contribution in [1.82, 2.24) is 10.2 Å². The molecule has 19 heavy (non-hydrogen) atoms. The number of hydrogen-bond acceptors (Lipinski definition) is 5. The average molecular weight is 272 g/mol. The maximum absolute atomic E-state index is 8.77. The first kappa shape index (κ1) is 15.2. The first-order valence-electron chi connectivity index (χ1n) is 7.53. The van der Waals surface area contributed by atoms with E-state index in [0.717, 1.165) is 52.1 Å². The predicted octanol–water partition coefficient (Wildman–Crippen LogP) is 0.0842. The molecule has 0 aromatic heterocycles. The average Bonchev–Trinajstić information content (AvgIpc) is 2.47. The lowest BCUT2D eigenvalue weighted by atomic mass is 9.94. The number of nitrogens with zero attached hydrogens (tertiary/aromatic N) is 1. The second-order valence-corrected chi connectivity index (χ2v) is 5.61. The Morgan fingerprint density at radius 3 is 2.79 bits per heavy atom. The molecule has 0 aromatic rings. The number of ether oxygens (including phenoxy) is 2. The van der Waals surface area contributed by atoms with Crippen molar-refractivity contribution in [2.75, 3.05) is 53.1 Å². The summed E-state index contributed by atoms with van der Waals surface area (Å²) in [7, 11) is 2.05.